The van der Waals surface area contributed by atoms with Crippen molar-refractivity contribution in [1.82, 2.24) is 19.5 Å². The molecule has 8 heteroatoms. The molecule has 0 bridgehead atoms. The van der Waals surface area contributed by atoms with Gasteiger partial charge in [0, 0.05) is 17.4 Å². The highest BCUT2D eigenvalue weighted by molar-refractivity contribution is 6.04. The number of aromatic nitrogens is 4. The molecule has 0 saturated carbocycles. The summed E-state index contributed by atoms with van der Waals surface area (Å²) in [5.74, 6) is 0.535. The Bertz CT molecular complexity index is 1130. The van der Waals surface area contributed by atoms with E-state index in [-0.39, 0.29) is 11.9 Å². The van der Waals surface area contributed by atoms with Crippen LogP contribution in [0.25, 0.3) is 17.0 Å². The molecule has 0 radical (unpaired) electrons. The molecule has 0 spiro atoms. The van der Waals surface area contributed by atoms with Crippen LogP contribution in [0.4, 0.5) is 5.69 Å². The van der Waals surface area contributed by atoms with Crippen LogP contribution in [-0.2, 0) is 0 Å². The van der Waals surface area contributed by atoms with Gasteiger partial charge in [0.1, 0.15) is 11.3 Å². The van der Waals surface area contributed by atoms with E-state index in [1.165, 1.54) is 0 Å². The summed E-state index contributed by atoms with van der Waals surface area (Å²) < 4.78 is 6.89. The van der Waals surface area contributed by atoms with Crippen LogP contribution in [0.5, 0.6) is 0 Å². The lowest BCUT2D eigenvalue weighted by Crippen LogP contribution is -2.15. The van der Waals surface area contributed by atoms with Gasteiger partial charge in [0.15, 0.2) is 0 Å². The van der Waals surface area contributed by atoms with Crippen molar-refractivity contribution in [1.29, 1.82) is 0 Å². The molecule has 0 aliphatic heterocycles. The van der Waals surface area contributed by atoms with E-state index >= 15 is 0 Å². The average Bonchev–Trinajstić information content (AvgIpc) is 3.30. The maximum Gasteiger partial charge on any atom is 0.274 e. The Morgan fingerprint density at radius 1 is 1.30 bits per heavy atom. The lowest BCUT2D eigenvalue weighted by Gasteiger charge is -2.09. The number of aryl methyl sites for hydroxylation is 1. The normalized spacial score (nSPS) is 12.3. The minimum atomic E-state index is -0.342. The third-order valence-corrected chi connectivity index (χ3v) is 4.22. The van der Waals surface area contributed by atoms with Gasteiger partial charge in [-0.05, 0) is 37.6 Å². The van der Waals surface area contributed by atoms with Crippen LogP contribution < -0.4 is 11.1 Å². The summed E-state index contributed by atoms with van der Waals surface area (Å²) >= 11 is 0. The predicted octanol–water partition coefficient (Wildman–Crippen LogP) is 2.96. The van der Waals surface area contributed by atoms with Crippen molar-refractivity contribution in [2.45, 2.75) is 19.9 Å². The second-order valence-corrected chi connectivity index (χ2v) is 6.30. The number of pyridine rings is 1. The minimum absolute atomic E-state index is 0.252. The highest BCUT2D eigenvalue weighted by Crippen LogP contribution is 2.25. The number of hydrogen-bond acceptors (Lipinski definition) is 6. The number of rotatable bonds is 4. The average molecular weight is 362 g/mol. The number of imidazole rings is 1. The zero-order chi connectivity index (χ0) is 19.0. The summed E-state index contributed by atoms with van der Waals surface area (Å²) in [6.07, 6.45) is 3.35. The Morgan fingerprint density at radius 2 is 2.15 bits per heavy atom. The van der Waals surface area contributed by atoms with Crippen molar-refractivity contribution < 1.29 is 9.32 Å². The molecular weight excluding hydrogens is 344 g/mol. The van der Waals surface area contributed by atoms with Crippen LogP contribution in [-0.4, -0.2) is 25.4 Å². The van der Waals surface area contributed by atoms with E-state index in [1.807, 2.05) is 43.3 Å². The third-order valence-electron chi connectivity index (χ3n) is 4.22. The number of hydrogen-bond donors (Lipinski definition) is 2. The fourth-order valence-corrected chi connectivity index (χ4v) is 2.72. The van der Waals surface area contributed by atoms with Gasteiger partial charge in [0.05, 0.1) is 12.2 Å². The van der Waals surface area contributed by atoms with Crippen molar-refractivity contribution in [3.8, 4) is 11.4 Å². The van der Waals surface area contributed by atoms with Crippen molar-refractivity contribution in [3.63, 3.8) is 0 Å². The zero-order valence-corrected chi connectivity index (χ0v) is 14.9. The van der Waals surface area contributed by atoms with Gasteiger partial charge in [-0.15, -0.1) is 0 Å². The molecule has 0 unspecified atom stereocenters. The number of nitrogens with zero attached hydrogens (tertiary/aromatic N) is 4. The molecule has 0 aliphatic carbocycles. The molecule has 1 amide bonds. The minimum Gasteiger partial charge on any atom is -0.337 e. The van der Waals surface area contributed by atoms with Gasteiger partial charge in [0.2, 0.25) is 11.7 Å². The molecule has 0 aliphatic rings. The Morgan fingerprint density at radius 3 is 2.93 bits per heavy atom. The first-order chi connectivity index (χ1) is 13.0. The van der Waals surface area contributed by atoms with Gasteiger partial charge in [0.25, 0.3) is 5.91 Å². The molecule has 136 valence electrons. The number of benzene rings is 1. The van der Waals surface area contributed by atoms with Gasteiger partial charge < -0.3 is 15.6 Å². The standard InChI is InChI=1S/C19H18N6O2/c1-11-6-7-13(17-23-19(12(2)20)27-24-17)9-14(11)22-18(26)15-10-21-16-5-3-4-8-25(15)16/h3-10,12H,20H2,1-2H3,(H,22,26)/t12-/m1/s1. The number of nitrogens with two attached hydrogens (primary N) is 1. The summed E-state index contributed by atoms with van der Waals surface area (Å²) in [6, 6.07) is 10.8. The molecule has 3 aromatic heterocycles. The van der Waals surface area contributed by atoms with Gasteiger partial charge >= 0.3 is 0 Å². The predicted molar refractivity (Wildman–Crippen MR) is 100 cm³/mol. The maximum absolute atomic E-state index is 12.7. The molecule has 1 atom stereocenters. The van der Waals surface area contributed by atoms with Crippen molar-refractivity contribution in [2.75, 3.05) is 5.32 Å². The number of carbonyl (C=O) groups is 1. The van der Waals surface area contributed by atoms with E-state index in [0.717, 1.165) is 11.1 Å². The van der Waals surface area contributed by atoms with Gasteiger partial charge in [-0.3, -0.25) is 9.20 Å². The number of nitrogens with one attached hydrogen (secondary N) is 1. The largest absolute Gasteiger partial charge is 0.337 e. The van der Waals surface area contributed by atoms with Crippen molar-refractivity contribution >= 4 is 17.2 Å². The van der Waals surface area contributed by atoms with Crippen molar-refractivity contribution in [3.05, 3.63) is 65.9 Å². The second kappa shape index (κ2) is 6.65. The molecule has 3 N–H and O–H groups in total. The highest BCUT2D eigenvalue weighted by atomic mass is 16.5. The lowest BCUT2D eigenvalue weighted by molar-refractivity contribution is 0.102. The summed E-state index contributed by atoms with van der Waals surface area (Å²) in [5, 5.41) is 6.89. The second-order valence-electron chi connectivity index (χ2n) is 6.30. The van der Waals surface area contributed by atoms with E-state index in [9.17, 15) is 4.79 Å². The van der Waals surface area contributed by atoms with E-state index < -0.39 is 0 Å². The van der Waals surface area contributed by atoms with Gasteiger partial charge in [-0.1, -0.05) is 23.4 Å². The van der Waals surface area contributed by atoms with E-state index in [4.69, 9.17) is 10.3 Å². The summed E-state index contributed by atoms with van der Waals surface area (Å²) in [4.78, 5) is 21.3. The maximum atomic E-state index is 12.7. The quantitative estimate of drug-likeness (QED) is 0.577. The third kappa shape index (κ3) is 3.18. The molecule has 4 rings (SSSR count). The van der Waals surface area contributed by atoms with Crippen LogP contribution in [0.2, 0.25) is 0 Å². The Kier molecular flexibility index (Phi) is 4.17. The molecular formula is C19H18N6O2. The molecule has 8 nitrogen and oxygen atoms in total. The van der Waals surface area contributed by atoms with Crippen molar-refractivity contribution in [2.24, 2.45) is 5.73 Å². The lowest BCUT2D eigenvalue weighted by atomic mass is 10.1. The topological polar surface area (TPSA) is 111 Å². The fraction of sp³-hybridized carbons (Fsp3) is 0.158. The number of carbonyl (C=O) groups excluding carboxylic acids is 1. The first-order valence-electron chi connectivity index (χ1n) is 8.46. The highest BCUT2D eigenvalue weighted by Gasteiger charge is 2.16. The number of fused-ring (bicyclic) bond motifs is 1. The molecule has 1 aromatic carbocycles. The first kappa shape index (κ1) is 16.9. The monoisotopic (exact) mass is 362 g/mol. The Hall–Kier alpha value is -3.52. The summed E-state index contributed by atoms with van der Waals surface area (Å²) in [5.41, 5.74) is 9.23. The Balaban J connectivity index is 1.64. The fourth-order valence-electron chi connectivity index (χ4n) is 2.72. The van der Waals surface area contributed by atoms with Crippen LogP contribution >= 0.6 is 0 Å². The zero-order valence-electron chi connectivity index (χ0n) is 14.9. The van der Waals surface area contributed by atoms with E-state index in [2.05, 4.69) is 20.4 Å². The summed E-state index contributed by atoms with van der Waals surface area (Å²) in [7, 11) is 0. The summed E-state index contributed by atoms with van der Waals surface area (Å²) in [6.45, 7) is 3.69. The molecule has 0 saturated heterocycles. The Labute approximate surface area is 155 Å². The van der Waals surface area contributed by atoms with Crippen LogP contribution in [0.1, 0.15) is 34.9 Å². The SMILES string of the molecule is Cc1ccc(-c2noc([C@@H](C)N)n2)cc1NC(=O)c1cnc2ccccn12. The van der Waals surface area contributed by atoms with Crippen LogP contribution in [0.3, 0.4) is 0 Å². The smallest absolute Gasteiger partial charge is 0.274 e. The first-order valence-corrected chi connectivity index (χ1v) is 8.46. The number of anilines is 1. The molecule has 4 aromatic rings. The van der Waals surface area contributed by atoms with Gasteiger partial charge in [-0.2, -0.15) is 4.98 Å². The van der Waals surface area contributed by atoms with Gasteiger partial charge in [-0.25, -0.2) is 4.98 Å². The van der Waals surface area contributed by atoms with E-state index in [0.29, 0.717) is 28.7 Å². The molecule has 27 heavy (non-hydrogen) atoms. The molecule has 3 heterocycles. The van der Waals surface area contributed by atoms with Crippen LogP contribution in [0.15, 0.2) is 53.3 Å². The van der Waals surface area contributed by atoms with E-state index in [1.54, 1.807) is 23.7 Å². The number of amides is 1. The van der Waals surface area contributed by atoms with Crippen LogP contribution in [0, 0.1) is 6.92 Å². The molecule has 0 fully saturated rings.